The van der Waals surface area contributed by atoms with Crippen LogP contribution in [0, 0.1) is 17.7 Å². The lowest BCUT2D eigenvalue weighted by Gasteiger charge is -2.26. The van der Waals surface area contributed by atoms with Gasteiger partial charge in [0, 0.05) is 31.5 Å². The van der Waals surface area contributed by atoms with Crippen LogP contribution in [-0.2, 0) is 6.18 Å². The van der Waals surface area contributed by atoms with Gasteiger partial charge in [-0.3, -0.25) is 4.79 Å². The van der Waals surface area contributed by atoms with Crippen molar-refractivity contribution in [1.29, 1.82) is 0 Å². The summed E-state index contributed by atoms with van der Waals surface area (Å²) in [5.74, 6) is 3.78. The maximum atomic E-state index is 14.6. The Bertz CT molecular complexity index is 1370. The molecule has 3 N–H and O–H groups in total. The Kier molecular flexibility index (Phi) is 9.14. The number of rotatable bonds is 7. The lowest BCUT2D eigenvalue weighted by atomic mass is 10.1. The molecule has 0 fully saturated rings. The van der Waals surface area contributed by atoms with Gasteiger partial charge < -0.3 is 20.9 Å². The fourth-order valence-corrected chi connectivity index (χ4v) is 3.86. The van der Waals surface area contributed by atoms with Crippen molar-refractivity contribution in [2.75, 3.05) is 50.2 Å². The maximum absolute atomic E-state index is 14.6. The molecule has 0 unspecified atom stereocenters. The van der Waals surface area contributed by atoms with E-state index < -0.39 is 29.0 Å². The van der Waals surface area contributed by atoms with E-state index in [0.29, 0.717) is 18.5 Å². The standard InChI is InChI=1S/C26H25ClF4N6O/c1-36(2)9-4-10-37(3)23-20(27)12-18(26(29,30)31)13-22(23)35-24(38)19-11-16(7-8-21(19)28)5-6-17-14-33-25(32)34-15-17/h7-8,11-15H,4,9-10H2,1-3H3,(H,35,38)(H2,32,33,34). The average molecular weight is 549 g/mol. The maximum Gasteiger partial charge on any atom is 0.416 e. The fourth-order valence-electron chi connectivity index (χ4n) is 3.50. The van der Waals surface area contributed by atoms with Crippen LogP contribution in [0.3, 0.4) is 0 Å². The molecule has 1 amide bonds. The molecule has 2 aromatic carbocycles. The number of nitrogens with zero attached hydrogens (tertiary/aromatic N) is 4. The van der Waals surface area contributed by atoms with Gasteiger partial charge in [-0.1, -0.05) is 23.4 Å². The van der Waals surface area contributed by atoms with Gasteiger partial charge in [0.1, 0.15) is 5.82 Å². The van der Waals surface area contributed by atoms with Crippen LogP contribution >= 0.6 is 11.6 Å². The molecule has 12 heteroatoms. The van der Waals surface area contributed by atoms with Crippen LogP contribution in [0.2, 0.25) is 5.02 Å². The Morgan fingerprint density at radius 2 is 1.71 bits per heavy atom. The Labute approximate surface area is 222 Å². The van der Waals surface area contributed by atoms with E-state index in [0.717, 1.165) is 24.7 Å². The van der Waals surface area contributed by atoms with Gasteiger partial charge in [0.2, 0.25) is 5.95 Å². The van der Waals surface area contributed by atoms with Gasteiger partial charge in [0.15, 0.2) is 0 Å². The molecule has 200 valence electrons. The minimum Gasteiger partial charge on any atom is -0.372 e. The molecule has 0 atom stereocenters. The Morgan fingerprint density at radius 3 is 2.34 bits per heavy atom. The quantitative estimate of drug-likeness (QED) is 0.322. The van der Waals surface area contributed by atoms with E-state index in [9.17, 15) is 22.4 Å². The number of nitrogens with one attached hydrogen (secondary N) is 1. The number of benzene rings is 2. The van der Waals surface area contributed by atoms with Gasteiger partial charge in [-0.05, 0) is 57.4 Å². The van der Waals surface area contributed by atoms with E-state index in [1.54, 1.807) is 11.9 Å². The van der Waals surface area contributed by atoms with E-state index in [-0.39, 0.29) is 27.9 Å². The summed E-state index contributed by atoms with van der Waals surface area (Å²) in [4.78, 5) is 24.3. The van der Waals surface area contributed by atoms with Crippen LogP contribution < -0.4 is 16.0 Å². The van der Waals surface area contributed by atoms with Gasteiger partial charge in [-0.25, -0.2) is 14.4 Å². The first-order valence-electron chi connectivity index (χ1n) is 11.3. The summed E-state index contributed by atoms with van der Waals surface area (Å²) in [5, 5.41) is 2.21. The largest absolute Gasteiger partial charge is 0.416 e. The number of aromatic nitrogens is 2. The smallest absolute Gasteiger partial charge is 0.372 e. The molecule has 0 bridgehead atoms. The van der Waals surface area contributed by atoms with Crippen LogP contribution in [0.15, 0.2) is 42.7 Å². The molecule has 0 aliphatic rings. The van der Waals surface area contributed by atoms with Gasteiger partial charge in [-0.2, -0.15) is 13.2 Å². The van der Waals surface area contributed by atoms with E-state index in [2.05, 4.69) is 27.1 Å². The number of amides is 1. The summed E-state index contributed by atoms with van der Waals surface area (Å²) >= 11 is 6.26. The first-order chi connectivity index (χ1) is 17.8. The number of carbonyl (C=O) groups excluding carboxylic acids is 1. The van der Waals surface area contributed by atoms with Crippen molar-refractivity contribution in [2.45, 2.75) is 12.6 Å². The number of nitrogens with two attached hydrogens (primary N) is 1. The predicted octanol–water partition coefficient (Wildman–Crippen LogP) is 4.91. The van der Waals surface area contributed by atoms with Crippen molar-refractivity contribution in [1.82, 2.24) is 14.9 Å². The van der Waals surface area contributed by atoms with Crippen molar-refractivity contribution in [3.8, 4) is 11.8 Å². The summed E-state index contributed by atoms with van der Waals surface area (Å²) in [6.45, 7) is 1.17. The van der Waals surface area contributed by atoms with E-state index in [1.165, 1.54) is 24.5 Å². The highest BCUT2D eigenvalue weighted by molar-refractivity contribution is 6.34. The Hall–Kier alpha value is -3.88. The molecule has 7 nitrogen and oxygen atoms in total. The molecule has 0 spiro atoms. The second-order valence-electron chi connectivity index (χ2n) is 8.66. The molecule has 0 aliphatic carbocycles. The molecular weight excluding hydrogens is 524 g/mol. The SMILES string of the molecule is CN(C)CCCN(C)c1c(Cl)cc(C(F)(F)F)cc1NC(=O)c1cc(C#Cc2cnc(N)nc2)ccc1F. The summed E-state index contributed by atoms with van der Waals surface area (Å²) < 4.78 is 55.2. The molecule has 0 saturated carbocycles. The van der Waals surface area contributed by atoms with Crippen LogP contribution in [-0.4, -0.2) is 55.0 Å². The first-order valence-corrected chi connectivity index (χ1v) is 11.7. The lowest BCUT2D eigenvalue weighted by molar-refractivity contribution is -0.137. The van der Waals surface area contributed by atoms with Crippen LogP contribution in [0.25, 0.3) is 0 Å². The van der Waals surface area contributed by atoms with Gasteiger partial charge in [-0.15, -0.1) is 0 Å². The zero-order valence-corrected chi connectivity index (χ0v) is 21.6. The third-order valence-electron chi connectivity index (χ3n) is 5.35. The highest BCUT2D eigenvalue weighted by atomic mass is 35.5. The molecule has 38 heavy (non-hydrogen) atoms. The monoisotopic (exact) mass is 548 g/mol. The summed E-state index contributed by atoms with van der Waals surface area (Å²) in [6.07, 6.45) is -1.22. The van der Waals surface area contributed by atoms with Crippen LogP contribution in [0.5, 0.6) is 0 Å². The van der Waals surface area contributed by atoms with Gasteiger partial charge >= 0.3 is 6.18 Å². The number of halogens is 5. The zero-order chi connectivity index (χ0) is 28.0. The number of carbonyl (C=O) groups is 1. The third-order valence-corrected chi connectivity index (χ3v) is 5.64. The average Bonchev–Trinajstić information content (AvgIpc) is 2.83. The molecule has 1 aromatic heterocycles. The summed E-state index contributed by atoms with van der Waals surface area (Å²) in [6, 6.07) is 5.19. The number of hydrogen-bond donors (Lipinski definition) is 2. The second-order valence-corrected chi connectivity index (χ2v) is 9.07. The number of nitrogen functional groups attached to an aromatic ring is 1. The Morgan fingerprint density at radius 1 is 1.05 bits per heavy atom. The van der Waals surface area contributed by atoms with Crippen LogP contribution in [0.1, 0.15) is 33.5 Å². The van der Waals surface area contributed by atoms with Crippen molar-refractivity contribution < 1.29 is 22.4 Å². The number of alkyl halides is 3. The Balaban J connectivity index is 1.94. The van der Waals surface area contributed by atoms with Crippen molar-refractivity contribution >= 4 is 34.8 Å². The number of anilines is 3. The molecule has 0 radical (unpaired) electrons. The van der Waals surface area contributed by atoms with Crippen molar-refractivity contribution in [3.63, 3.8) is 0 Å². The first kappa shape index (κ1) is 28.7. The molecular formula is C26H25ClF4N6O. The normalized spacial score (nSPS) is 11.2. The van der Waals surface area contributed by atoms with Gasteiger partial charge in [0.05, 0.1) is 33.1 Å². The van der Waals surface area contributed by atoms with E-state index in [4.69, 9.17) is 17.3 Å². The third kappa shape index (κ3) is 7.57. The number of hydrogen-bond acceptors (Lipinski definition) is 6. The second kappa shape index (κ2) is 12.1. The lowest BCUT2D eigenvalue weighted by Crippen LogP contribution is -2.25. The molecule has 3 aromatic rings. The van der Waals surface area contributed by atoms with Gasteiger partial charge in [0.25, 0.3) is 5.91 Å². The minimum atomic E-state index is -4.71. The highest BCUT2D eigenvalue weighted by Gasteiger charge is 2.33. The molecule has 3 rings (SSSR count). The predicted molar refractivity (Wildman–Crippen MR) is 140 cm³/mol. The molecule has 1 heterocycles. The molecule has 0 saturated heterocycles. The van der Waals surface area contributed by atoms with Crippen LogP contribution in [0.4, 0.5) is 34.9 Å². The topological polar surface area (TPSA) is 87.4 Å². The minimum absolute atomic E-state index is 0.0775. The van der Waals surface area contributed by atoms with Crippen molar-refractivity contribution in [3.05, 3.63) is 75.8 Å². The fraction of sp³-hybridized carbons (Fsp3) is 0.269. The zero-order valence-electron chi connectivity index (χ0n) is 20.8. The van der Waals surface area contributed by atoms with E-state index in [1.807, 2.05) is 19.0 Å². The van der Waals surface area contributed by atoms with E-state index >= 15 is 0 Å². The summed E-state index contributed by atoms with van der Waals surface area (Å²) in [5.41, 5.74) is 4.71. The summed E-state index contributed by atoms with van der Waals surface area (Å²) in [7, 11) is 5.44. The highest BCUT2D eigenvalue weighted by Crippen LogP contribution is 2.40. The van der Waals surface area contributed by atoms with Crippen molar-refractivity contribution in [2.24, 2.45) is 0 Å². The molecule has 0 aliphatic heterocycles.